The monoisotopic (exact) mass is 206 g/mol. The first-order valence-corrected chi connectivity index (χ1v) is 5.40. The number of amidine groups is 1. The maximum atomic E-state index is 4.46. The minimum absolute atomic E-state index is 0.0569. The maximum absolute atomic E-state index is 4.46. The first-order valence-electron chi connectivity index (χ1n) is 5.40. The van der Waals surface area contributed by atoms with E-state index >= 15 is 0 Å². The molecule has 3 rings (SSSR count). The SMILES string of the molecule is C1=C[C@@H]2N=NNN2N=C1N1CCCCC1. The maximum Gasteiger partial charge on any atom is 0.201 e. The molecule has 1 N–H and O–H groups in total. The molecule has 0 bridgehead atoms. The second-order valence-electron chi connectivity index (χ2n) is 3.94. The molecule has 1 saturated heterocycles. The Balaban J connectivity index is 1.74. The van der Waals surface area contributed by atoms with E-state index in [0.717, 1.165) is 18.9 Å². The number of rotatable bonds is 0. The third-order valence-corrected chi connectivity index (χ3v) is 2.88. The van der Waals surface area contributed by atoms with E-state index in [4.69, 9.17) is 0 Å². The molecule has 15 heavy (non-hydrogen) atoms. The fourth-order valence-electron chi connectivity index (χ4n) is 2.05. The largest absolute Gasteiger partial charge is 0.355 e. The molecular formula is C9H14N6. The van der Waals surface area contributed by atoms with Gasteiger partial charge in [-0.2, -0.15) is 10.7 Å². The summed E-state index contributed by atoms with van der Waals surface area (Å²) >= 11 is 0. The number of piperidine rings is 1. The van der Waals surface area contributed by atoms with Gasteiger partial charge in [-0.3, -0.25) is 0 Å². The van der Waals surface area contributed by atoms with E-state index in [0.29, 0.717) is 0 Å². The molecule has 3 aliphatic heterocycles. The van der Waals surface area contributed by atoms with E-state index in [1.165, 1.54) is 19.3 Å². The average molecular weight is 206 g/mol. The summed E-state index contributed by atoms with van der Waals surface area (Å²) in [5, 5.41) is 13.8. The van der Waals surface area contributed by atoms with Crippen molar-refractivity contribution in [2.45, 2.75) is 25.4 Å². The van der Waals surface area contributed by atoms with E-state index in [1.54, 1.807) is 5.12 Å². The summed E-state index contributed by atoms with van der Waals surface area (Å²) in [4.78, 5) is 2.32. The molecule has 0 aliphatic carbocycles. The molecule has 0 unspecified atom stereocenters. The van der Waals surface area contributed by atoms with Crippen molar-refractivity contribution in [3.8, 4) is 0 Å². The Morgan fingerprint density at radius 2 is 2.13 bits per heavy atom. The number of nitrogens with one attached hydrogen (secondary N) is 1. The molecule has 0 amide bonds. The van der Waals surface area contributed by atoms with Crippen molar-refractivity contribution in [3.05, 3.63) is 12.2 Å². The number of likely N-dealkylation sites (tertiary alicyclic amines) is 1. The van der Waals surface area contributed by atoms with Gasteiger partial charge in [0, 0.05) is 13.1 Å². The lowest BCUT2D eigenvalue weighted by atomic mass is 10.1. The first-order chi connectivity index (χ1) is 7.43. The quantitative estimate of drug-likeness (QED) is 0.639. The lowest BCUT2D eigenvalue weighted by Crippen LogP contribution is -2.41. The molecule has 0 spiro atoms. The topological polar surface area (TPSA) is 55.6 Å². The molecule has 1 atom stereocenters. The third-order valence-electron chi connectivity index (χ3n) is 2.88. The molecule has 6 nitrogen and oxygen atoms in total. The highest BCUT2D eigenvalue weighted by Crippen LogP contribution is 2.16. The summed E-state index contributed by atoms with van der Waals surface area (Å²) in [6.07, 6.45) is 7.86. The molecule has 3 aliphatic rings. The van der Waals surface area contributed by atoms with E-state index < -0.39 is 0 Å². The van der Waals surface area contributed by atoms with Gasteiger partial charge in [-0.25, -0.2) is 0 Å². The van der Waals surface area contributed by atoms with E-state index in [2.05, 4.69) is 25.9 Å². The van der Waals surface area contributed by atoms with Crippen molar-refractivity contribution in [1.82, 2.24) is 15.6 Å². The Labute approximate surface area is 88.3 Å². The number of hydrogen-bond acceptors (Lipinski definition) is 6. The lowest BCUT2D eigenvalue weighted by Gasteiger charge is -2.31. The summed E-state index contributed by atoms with van der Waals surface area (Å²) in [6.45, 7) is 2.21. The van der Waals surface area contributed by atoms with Gasteiger partial charge in [0.2, 0.25) is 6.17 Å². The summed E-state index contributed by atoms with van der Waals surface area (Å²) in [7, 11) is 0. The first kappa shape index (κ1) is 8.70. The second-order valence-corrected chi connectivity index (χ2v) is 3.94. The van der Waals surface area contributed by atoms with Crippen LogP contribution in [-0.4, -0.2) is 35.1 Å². The molecule has 1 fully saturated rings. The second kappa shape index (κ2) is 3.52. The van der Waals surface area contributed by atoms with Crippen LogP contribution in [0.4, 0.5) is 0 Å². The summed E-state index contributed by atoms with van der Waals surface area (Å²) in [5.41, 5.74) is 2.75. The highest BCUT2D eigenvalue weighted by Gasteiger charge is 2.24. The molecular weight excluding hydrogens is 192 g/mol. The molecule has 0 radical (unpaired) electrons. The van der Waals surface area contributed by atoms with Gasteiger partial charge in [-0.1, -0.05) is 5.22 Å². The standard InChI is InChI=1S/C9H14N6/c1-2-6-14(7-3-1)9-5-4-8-10-12-13-15(8)11-9/h4-5,8H,1-3,6-7H2,(H,10,13)/t8-/m1/s1. The molecule has 0 aromatic rings. The Hall–Kier alpha value is -1.59. The average Bonchev–Trinajstić information content (AvgIpc) is 2.77. The minimum atomic E-state index is -0.0569. The zero-order valence-corrected chi connectivity index (χ0v) is 8.50. The van der Waals surface area contributed by atoms with Crippen molar-refractivity contribution in [3.63, 3.8) is 0 Å². The number of fused-ring (bicyclic) bond motifs is 1. The number of hydrazone groups is 1. The Bertz CT molecular complexity index is 327. The smallest absolute Gasteiger partial charge is 0.201 e. The highest BCUT2D eigenvalue weighted by molar-refractivity contribution is 5.93. The third kappa shape index (κ3) is 1.55. The summed E-state index contributed by atoms with van der Waals surface area (Å²) in [5.74, 6) is 1.02. The van der Waals surface area contributed by atoms with Crippen molar-refractivity contribution >= 4 is 5.84 Å². The van der Waals surface area contributed by atoms with Crippen molar-refractivity contribution < 1.29 is 0 Å². The summed E-state index contributed by atoms with van der Waals surface area (Å²) < 4.78 is 0. The number of hydrazine groups is 1. The van der Waals surface area contributed by atoms with Gasteiger partial charge < -0.3 is 4.90 Å². The van der Waals surface area contributed by atoms with E-state index in [9.17, 15) is 0 Å². The normalized spacial score (nSPS) is 28.8. The predicted molar refractivity (Wildman–Crippen MR) is 55.6 cm³/mol. The van der Waals surface area contributed by atoms with E-state index in [-0.39, 0.29) is 6.17 Å². The number of nitrogens with zero attached hydrogens (tertiary/aromatic N) is 5. The van der Waals surface area contributed by atoms with Gasteiger partial charge in [0.15, 0.2) is 5.84 Å². The highest BCUT2D eigenvalue weighted by atomic mass is 15.9. The van der Waals surface area contributed by atoms with Crippen LogP contribution < -0.4 is 5.53 Å². The van der Waals surface area contributed by atoms with Crippen LogP contribution in [-0.2, 0) is 0 Å². The zero-order chi connectivity index (χ0) is 10.1. The van der Waals surface area contributed by atoms with Gasteiger partial charge >= 0.3 is 0 Å². The van der Waals surface area contributed by atoms with Gasteiger partial charge in [0.25, 0.3) is 0 Å². The van der Waals surface area contributed by atoms with E-state index in [1.807, 2.05) is 12.2 Å². The molecule has 0 aromatic carbocycles. The predicted octanol–water partition coefficient (Wildman–Crippen LogP) is 0.869. The van der Waals surface area contributed by atoms with Gasteiger partial charge in [-0.05, 0) is 31.4 Å². The van der Waals surface area contributed by atoms with Crippen LogP contribution in [0.5, 0.6) is 0 Å². The van der Waals surface area contributed by atoms with Crippen molar-refractivity contribution in [1.29, 1.82) is 0 Å². The van der Waals surface area contributed by atoms with Crippen LogP contribution in [0.2, 0.25) is 0 Å². The fraction of sp³-hybridized carbons (Fsp3) is 0.667. The minimum Gasteiger partial charge on any atom is -0.355 e. The Kier molecular flexibility index (Phi) is 2.04. The molecule has 80 valence electrons. The Morgan fingerprint density at radius 3 is 3.00 bits per heavy atom. The molecule has 0 aromatic heterocycles. The summed E-state index contributed by atoms with van der Waals surface area (Å²) in [6, 6.07) is 0. The molecule has 3 heterocycles. The fourth-order valence-corrected chi connectivity index (χ4v) is 2.05. The van der Waals surface area contributed by atoms with Gasteiger partial charge in [0.1, 0.15) is 0 Å². The van der Waals surface area contributed by atoms with Crippen LogP contribution in [0.1, 0.15) is 19.3 Å². The van der Waals surface area contributed by atoms with Gasteiger partial charge in [0.05, 0.1) is 0 Å². The Morgan fingerprint density at radius 1 is 1.27 bits per heavy atom. The van der Waals surface area contributed by atoms with Crippen LogP contribution in [0.25, 0.3) is 0 Å². The van der Waals surface area contributed by atoms with Crippen LogP contribution in [0.3, 0.4) is 0 Å². The van der Waals surface area contributed by atoms with Crippen LogP contribution >= 0.6 is 0 Å². The molecule has 0 saturated carbocycles. The van der Waals surface area contributed by atoms with Crippen molar-refractivity contribution in [2.75, 3.05) is 13.1 Å². The van der Waals surface area contributed by atoms with Gasteiger partial charge in [-0.15, -0.1) is 10.2 Å². The molecule has 6 heteroatoms. The van der Waals surface area contributed by atoms with Crippen LogP contribution in [0.15, 0.2) is 27.6 Å². The van der Waals surface area contributed by atoms with Crippen LogP contribution in [0, 0.1) is 0 Å². The van der Waals surface area contributed by atoms with Crippen molar-refractivity contribution in [2.24, 2.45) is 15.4 Å². The zero-order valence-electron chi connectivity index (χ0n) is 8.50. The number of hydrogen-bond donors (Lipinski definition) is 1. The lowest BCUT2D eigenvalue weighted by molar-refractivity contribution is 0.198.